The van der Waals surface area contributed by atoms with Gasteiger partial charge in [0.1, 0.15) is 0 Å². The van der Waals surface area contributed by atoms with Gasteiger partial charge in [-0.2, -0.15) is 0 Å². The molecule has 0 aliphatic carbocycles. The van der Waals surface area contributed by atoms with Gasteiger partial charge < -0.3 is 10.6 Å². The van der Waals surface area contributed by atoms with Crippen molar-refractivity contribution < 1.29 is 4.79 Å². The van der Waals surface area contributed by atoms with E-state index in [0.29, 0.717) is 0 Å². The monoisotopic (exact) mass is 346 g/mol. The van der Waals surface area contributed by atoms with E-state index in [1.165, 1.54) is 5.56 Å². The highest BCUT2D eigenvalue weighted by Gasteiger charge is 2.09. The van der Waals surface area contributed by atoms with Gasteiger partial charge in [0.15, 0.2) is 0 Å². The van der Waals surface area contributed by atoms with Crippen LogP contribution < -0.4 is 10.6 Å². The van der Waals surface area contributed by atoms with Crippen molar-refractivity contribution in [2.24, 2.45) is 0 Å². The van der Waals surface area contributed by atoms with E-state index < -0.39 is 0 Å². The van der Waals surface area contributed by atoms with Crippen LogP contribution in [0.2, 0.25) is 0 Å². The lowest BCUT2D eigenvalue weighted by molar-refractivity contribution is 0.249. The Labute approximate surface area is 133 Å². The standard InChI is InChI=1S/C17H19BrN2O/c1-3-13-7-9-14(10-8-13)12(2)19-17(21)20-16-6-4-5-15(18)11-16/h4-12H,3H2,1-2H3,(H2,19,20,21). The highest BCUT2D eigenvalue weighted by atomic mass is 79.9. The zero-order valence-corrected chi connectivity index (χ0v) is 13.8. The number of anilines is 1. The van der Waals surface area contributed by atoms with Crippen LogP contribution in [0.3, 0.4) is 0 Å². The van der Waals surface area contributed by atoms with Crippen LogP contribution in [0, 0.1) is 0 Å². The third kappa shape index (κ3) is 4.60. The summed E-state index contributed by atoms with van der Waals surface area (Å²) in [5.41, 5.74) is 3.15. The normalized spacial score (nSPS) is 11.8. The Kier molecular flexibility index (Phi) is 5.39. The molecule has 0 heterocycles. The van der Waals surface area contributed by atoms with E-state index in [2.05, 4.69) is 57.8 Å². The number of hydrogen-bond donors (Lipinski definition) is 2. The fourth-order valence-electron chi connectivity index (χ4n) is 2.06. The number of carbonyl (C=O) groups is 1. The first kappa shape index (κ1) is 15.6. The Hall–Kier alpha value is -1.81. The maximum atomic E-state index is 12.0. The number of benzene rings is 2. The predicted octanol–water partition coefficient (Wildman–Crippen LogP) is 4.89. The molecular weight excluding hydrogens is 328 g/mol. The van der Waals surface area contributed by atoms with E-state index in [9.17, 15) is 4.79 Å². The van der Waals surface area contributed by atoms with Crippen LogP contribution in [-0.4, -0.2) is 6.03 Å². The first-order valence-corrected chi connectivity index (χ1v) is 7.79. The lowest BCUT2D eigenvalue weighted by Gasteiger charge is -2.15. The molecule has 0 aromatic heterocycles. The molecule has 21 heavy (non-hydrogen) atoms. The van der Waals surface area contributed by atoms with Crippen molar-refractivity contribution in [2.75, 3.05) is 5.32 Å². The summed E-state index contributed by atoms with van der Waals surface area (Å²) < 4.78 is 0.934. The third-order valence-electron chi connectivity index (χ3n) is 3.32. The molecule has 0 spiro atoms. The minimum atomic E-state index is -0.208. The number of hydrogen-bond acceptors (Lipinski definition) is 1. The maximum absolute atomic E-state index is 12.0. The lowest BCUT2D eigenvalue weighted by Crippen LogP contribution is -2.31. The molecule has 1 unspecified atom stereocenters. The van der Waals surface area contributed by atoms with Crippen LogP contribution in [0.1, 0.15) is 31.0 Å². The molecule has 0 aliphatic rings. The molecule has 0 fully saturated rings. The summed E-state index contributed by atoms with van der Waals surface area (Å²) in [6.07, 6.45) is 1.02. The van der Waals surface area contributed by atoms with Gasteiger partial charge in [-0.05, 0) is 42.7 Å². The molecule has 110 valence electrons. The highest BCUT2D eigenvalue weighted by molar-refractivity contribution is 9.10. The maximum Gasteiger partial charge on any atom is 0.319 e. The summed E-state index contributed by atoms with van der Waals surface area (Å²) in [4.78, 5) is 12.0. The van der Waals surface area contributed by atoms with Gasteiger partial charge in [0.2, 0.25) is 0 Å². The Bertz CT molecular complexity index is 610. The molecule has 0 aliphatic heterocycles. The van der Waals surface area contributed by atoms with Crippen LogP contribution >= 0.6 is 15.9 Å². The van der Waals surface area contributed by atoms with E-state index in [1.54, 1.807) is 0 Å². The van der Waals surface area contributed by atoms with Crippen molar-refractivity contribution in [2.45, 2.75) is 26.3 Å². The second-order valence-electron chi connectivity index (χ2n) is 4.93. The molecule has 2 amide bonds. The molecule has 4 heteroatoms. The van der Waals surface area contributed by atoms with Crippen LogP contribution in [0.4, 0.5) is 10.5 Å². The van der Waals surface area contributed by atoms with Gasteiger partial charge in [-0.3, -0.25) is 0 Å². The summed E-state index contributed by atoms with van der Waals surface area (Å²) in [6.45, 7) is 4.10. The van der Waals surface area contributed by atoms with Gasteiger partial charge in [0, 0.05) is 10.2 Å². The Morgan fingerprint density at radius 1 is 1.19 bits per heavy atom. The first-order valence-electron chi connectivity index (χ1n) is 7.00. The minimum absolute atomic E-state index is 0.0388. The van der Waals surface area contributed by atoms with E-state index in [-0.39, 0.29) is 12.1 Å². The quantitative estimate of drug-likeness (QED) is 0.812. The summed E-state index contributed by atoms with van der Waals surface area (Å²) in [6, 6.07) is 15.6. The van der Waals surface area contributed by atoms with Crippen molar-refractivity contribution in [1.29, 1.82) is 0 Å². The molecule has 0 saturated carbocycles. The molecule has 2 N–H and O–H groups in total. The number of halogens is 1. The topological polar surface area (TPSA) is 41.1 Å². The van der Waals surface area contributed by atoms with Gasteiger partial charge in [0.05, 0.1) is 6.04 Å². The summed E-state index contributed by atoms with van der Waals surface area (Å²) >= 11 is 3.38. The average molecular weight is 347 g/mol. The second-order valence-corrected chi connectivity index (χ2v) is 5.84. The van der Waals surface area contributed by atoms with Gasteiger partial charge in [-0.1, -0.05) is 53.2 Å². The largest absolute Gasteiger partial charge is 0.331 e. The van der Waals surface area contributed by atoms with Crippen molar-refractivity contribution in [3.63, 3.8) is 0 Å². The molecule has 0 bridgehead atoms. The van der Waals surface area contributed by atoms with Crippen molar-refractivity contribution >= 4 is 27.6 Å². The predicted molar refractivity (Wildman–Crippen MR) is 90.5 cm³/mol. The Morgan fingerprint density at radius 3 is 2.52 bits per heavy atom. The van der Waals surface area contributed by atoms with Gasteiger partial charge in [-0.15, -0.1) is 0 Å². The van der Waals surface area contributed by atoms with Crippen molar-refractivity contribution in [3.8, 4) is 0 Å². The molecule has 2 rings (SSSR count). The second kappa shape index (κ2) is 7.27. The summed E-state index contributed by atoms with van der Waals surface area (Å²) in [5, 5.41) is 5.76. The minimum Gasteiger partial charge on any atom is -0.331 e. The Balaban J connectivity index is 1.95. The summed E-state index contributed by atoms with van der Waals surface area (Å²) in [5.74, 6) is 0. The number of rotatable bonds is 4. The SMILES string of the molecule is CCc1ccc(C(C)NC(=O)Nc2cccc(Br)c2)cc1. The van der Waals surface area contributed by atoms with E-state index in [0.717, 1.165) is 22.1 Å². The smallest absolute Gasteiger partial charge is 0.319 e. The van der Waals surface area contributed by atoms with Gasteiger partial charge >= 0.3 is 6.03 Å². The molecule has 2 aromatic carbocycles. The van der Waals surface area contributed by atoms with Crippen LogP contribution in [0.5, 0.6) is 0 Å². The molecular formula is C17H19BrN2O. The number of urea groups is 1. The number of aryl methyl sites for hydroxylation is 1. The molecule has 2 aromatic rings. The zero-order chi connectivity index (χ0) is 15.2. The van der Waals surface area contributed by atoms with Crippen molar-refractivity contribution in [3.05, 3.63) is 64.1 Å². The highest BCUT2D eigenvalue weighted by Crippen LogP contribution is 2.17. The van der Waals surface area contributed by atoms with Crippen LogP contribution in [0.15, 0.2) is 53.0 Å². The fraction of sp³-hybridized carbons (Fsp3) is 0.235. The molecule has 3 nitrogen and oxygen atoms in total. The Morgan fingerprint density at radius 2 is 1.90 bits per heavy atom. The first-order chi connectivity index (χ1) is 10.1. The zero-order valence-electron chi connectivity index (χ0n) is 12.2. The van der Waals surface area contributed by atoms with E-state index in [4.69, 9.17) is 0 Å². The summed E-state index contributed by atoms with van der Waals surface area (Å²) in [7, 11) is 0. The number of amides is 2. The average Bonchev–Trinajstić information content (AvgIpc) is 2.47. The fourth-order valence-corrected chi connectivity index (χ4v) is 2.45. The van der Waals surface area contributed by atoms with Crippen LogP contribution in [-0.2, 0) is 6.42 Å². The van der Waals surface area contributed by atoms with Gasteiger partial charge in [-0.25, -0.2) is 4.79 Å². The number of carbonyl (C=O) groups excluding carboxylic acids is 1. The molecule has 0 saturated heterocycles. The number of nitrogens with one attached hydrogen (secondary N) is 2. The molecule has 1 atom stereocenters. The van der Waals surface area contributed by atoms with E-state index in [1.807, 2.05) is 31.2 Å². The van der Waals surface area contributed by atoms with Crippen LogP contribution in [0.25, 0.3) is 0 Å². The lowest BCUT2D eigenvalue weighted by atomic mass is 10.1. The molecule has 0 radical (unpaired) electrons. The van der Waals surface area contributed by atoms with E-state index >= 15 is 0 Å². The van der Waals surface area contributed by atoms with Crippen molar-refractivity contribution in [1.82, 2.24) is 5.32 Å². The van der Waals surface area contributed by atoms with Gasteiger partial charge in [0.25, 0.3) is 0 Å². The third-order valence-corrected chi connectivity index (χ3v) is 3.81.